The number of aliphatic hydroxyl groups excluding tert-OH is 1. The van der Waals surface area contributed by atoms with E-state index in [2.05, 4.69) is 17.2 Å². The Balaban J connectivity index is 1.93. The molecule has 0 aliphatic heterocycles. The van der Waals surface area contributed by atoms with Gasteiger partial charge >= 0.3 is 0 Å². The predicted octanol–water partition coefficient (Wildman–Crippen LogP) is 2.99. The van der Waals surface area contributed by atoms with Gasteiger partial charge in [0.1, 0.15) is 5.75 Å². The van der Waals surface area contributed by atoms with E-state index in [9.17, 15) is 4.79 Å². The van der Waals surface area contributed by atoms with Crippen LogP contribution in [0.3, 0.4) is 0 Å². The molecule has 0 saturated carbocycles. The summed E-state index contributed by atoms with van der Waals surface area (Å²) in [7, 11) is 0. The highest BCUT2D eigenvalue weighted by atomic mass is 32.1. The molecule has 0 spiro atoms. The Morgan fingerprint density at radius 3 is 3.05 bits per heavy atom. The molecule has 0 aliphatic carbocycles. The number of carbonyl (C=O) groups is 1. The van der Waals surface area contributed by atoms with Crippen LogP contribution in [0.25, 0.3) is 0 Å². The van der Waals surface area contributed by atoms with Gasteiger partial charge in [0.05, 0.1) is 12.3 Å². The largest absolute Gasteiger partial charge is 0.481 e. The molecule has 6 heteroatoms. The number of nitrogens with one attached hydrogen (secondary N) is 1. The minimum absolute atomic E-state index is 0.0584. The van der Waals surface area contributed by atoms with E-state index in [0.717, 1.165) is 24.1 Å². The molecular formula is C16H20N2O3S. The van der Waals surface area contributed by atoms with Crippen molar-refractivity contribution < 1.29 is 14.6 Å². The Labute approximate surface area is 134 Å². The first-order valence-electron chi connectivity index (χ1n) is 7.24. The molecule has 0 aliphatic rings. The van der Waals surface area contributed by atoms with Crippen molar-refractivity contribution in [1.29, 1.82) is 0 Å². The van der Waals surface area contributed by atoms with E-state index < -0.39 is 6.10 Å². The zero-order chi connectivity index (χ0) is 15.9. The number of nitrogens with zero attached hydrogens (tertiary/aromatic N) is 1. The van der Waals surface area contributed by atoms with E-state index >= 15 is 0 Å². The molecule has 2 N–H and O–H groups in total. The fourth-order valence-corrected chi connectivity index (χ4v) is 2.66. The maximum absolute atomic E-state index is 12.1. The van der Waals surface area contributed by atoms with Gasteiger partial charge in [0.15, 0.2) is 11.2 Å². The summed E-state index contributed by atoms with van der Waals surface area (Å²) in [6.07, 6.45) is 1.29. The fourth-order valence-electron chi connectivity index (χ4n) is 1.92. The van der Waals surface area contributed by atoms with E-state index in [-0.39, 0.29) is 12.5 Å². The van der Waals surface area contributed by atoms with Gasteiger partial charge in [-0.1, -0.05) is 25.5 Å². The Kier molecular flexibility index (Phi) is 5.91. The monoisotopic (exact) mass is 320 g/mol. The van der Waals surface area contributed by atoms with Crippen molar-refractivity contribution in [3.05, 3.63) is 40.9 Å². The Bertz CT molecular complexity index is 627. The van der Waals surface area contributed by atoms with Crippen LogP contribution in [0.1, 0.15) is 31.5 Å². The van der Waals surface area contributed by atoms with Crippen molar-refractivity contribution in [2.75, 3.05) is 5.32 Å². The van der Waals surface area contributed by atoms with Crippen LogP contribution in [0, 0.1) is 0 Å². The Hall–Kier alpha value is -1.92. The molecule has 0 saturated heterocycles. The first kappa shape index (κ1) is 16.5. The number of anilines is 1. The number of amides is 1. The lowest BCUT2D eigenvalue weighted by Gasteiger charge is -2.14. The number of ether oxygens (including phenoxy) is 1. The van der Waals surface area contributed by atoms with Crippen LogP contribution in [0.4, 0.5) is 5.13 Å². The predicted molar refractivity (Wildman–Crippen MR) is 87.2 cm³/mol. The molecule has 5 nitrogen and oxygen atoms in total. The second-order valence-electron chi connectivity index (χ2n) is 4.95. The summed E-state index contributed by atoms with van der Waals surface area (Å²) in [6.45, 7) is 3.71. The summed E-state index contributed by atoms with van der Waals surface area (Å²) < 4.78 is 5.60. The van der Waals surface area contributed by atoms with Crippen LogP contribution in [-0.2, 0) is 17.8 Å². The highest BCUT2D eigenvalue weighted by Gasteiger charge is 2.16. The van der Waals surface area contributed by atoms with Crippen molar-refractivity contribution in [1.82, 2.24) is 4.98 Å². The molecule has 2 aromatic rings. The average Bonchev–Trinajstić information content (AvgIpc) is 2.95. The summed E-state index contributed by atoms with van der Waals surface area (Å²) in [5.41, 5.74) is 1.74. The SMILES string of the molecule is CCCc1csc(NC(=O)C(C)Oc2cccc(CO)c2)n1. The number of aliphatic hydroxyl groups is 1. The van der Waals surface area contributed by atoms with E-state index in [4.69, 9.17) is 9.84 Å². The number of aromatic nitrogens is 1. The highest BCUT2D eigenvalue weighted by Crippen LogP contribution is 2.18. The van der Waals surface area contributed by atoms with Gasteiger partial charge in [-0.3, -0.25) is 10.1 Å². The molecule has 118 valence electrons. The van der Waals surface area contributed by atoms with Gasteiger partial charge in [0, 0.05) is 5.38 Å². The zero-order valence-electron chi connectivity index (χ0n) is 12.7. The van der Waals surface area contributed by atoms with Gasteiger partial charge in [0.2, 0.25) is 0 Å². The molecule has 0 fully saturated rings. The minimum atomic E-state index is -0.646. The van der Waals surface area contributed by atoms with Crippen LogP contribution in [0.2, 0.25) is 0 Å². The zero-order valence-corrected chi connectivity index (χ0v) is 13.5. The maximum atomic E-state index is 12.1. The van der Waals surface area contributed by atoms with Gasteiger partial charge in [0.25, 0.3) is 5.91 Å². The normalized spacial score (nSPS) is 12.0. The molecule has 1 aromatic carbocycles. The summed E-state index contributed by atoms with van der Waals surface area (Å²) >= 11 is 1.42. The number of aryl methyl sites for hydroxylation is 1. The Morgan fingerprint density at radius 2 is 2.32 bits per heavy atom. The third kappa shape index (κ3) is 4.54. The topological polar surface area (TPSA) is 71.5 Å². The van der Waals surface area contributed by atoms with Crippen LogP contribution in [0.15, 0.2) is 29.6 Å². The van der Waals surface area contributed by atoms with Crippen LogP contribution in [0.5, 0.6) is 5.75 Å². The van der Waals surface area contributed by atoms with E-state index in [0.29, 0.717) is 10.9 Å². The fraction of sp³-hybridized carbons (Fsp3) is 0.375. The van der Waals surface area contributed by atoms with Crippen molar-refractivity contribution >= 4 is 22.4 Å². The van der Waals surface area contributed by atoms with Crippen molar-refractivity contribution in [2.45, 2.75) is 39.4 Å². The van der Waals surface area contributed by atoms with Gasteiger partial charge in [-0.2, -0.15) is 0 Å². The summed E-state index contributed by atoms with van der Waals surface area (Å²) in [5.74, 6) is 0.312. The smallest absolute Gasteiger partial charge is 0.266 e. The van der Waals surface area contributed by atoms with E-state index in [1.165, 1.54) is 11.3 Å². The first-order chi connectivity index (χ1) is 10.6. The lowest BCUT2D eigenvalue weighted by Crippen LogP contribution is -2.30. The van der Waals surface area contributed by atoms with Gasteiger partial charge in [-0.25, -0.2) is 4.98 Å². The third-order valence-corrected chi connectivity index (χ3v) is 3.86. The lowest BCUT2D eigenvalue weighted by molar-refractivity contribution is -0.122. The maximum Gasteiger partial charge on any atom is 0.266 e. The van der Waals surface area contributed by atoms with Crippen LogP contribution in [-0.4, -0.2) is 22.1 Å². The number of hydrogen-bond acceptors (Lipinski definition) is 5. The number of benzene rings is 1. The lowest BCUT2D eigenvalue weighted by atomic mass is 10.2. The Morgan fingerprint density at radius 1 is 1.50 bits per heavy atom. The summed E-state index contributed by atoms with van der Waals surface area (Å²) in [6, 6.07) is 7.05. The second kappa shape index (κ2) is 7.91. The van der Waals surface area contributed by atoms with Gasteiger partial charge in [-0.05, 0) is 31.0 Å². The molecule has 22 heavy (non-hydrogen) atoms. The number of rotatable bonds is 7. The van der Waals surface area contributed by atoms with Crippen molar-refractivity contribution in [3.8, 4) is 5.75 Å². The molecule has 1 amide bonds. The van der Waals surface area contributed by atoms with Crippen LogP contribution >= 0.6 is 11.3 Å². The molecule has 0 radical (unpaired) electrons. The molecule has 1 unspecified atom stereocenters. The molecule has 1 aromatic heterocycles. The van der Waals surface area contributed by atoms with Gasteiger partial charge < -0.3 is 9.84 Å². The number of carbonyl (C=O) groups excluding carboxylic acids is 1. The average molecular weight is 320 g/mol. The highest BCUT2D eigenvalue weighted by molar-refractivity contribution is 7.13. The summed E-state index contributed by atoms with van der Waals surface area (Å²) in [5, 5.41) is 14.4. The molecule has 1 atom stereocenters. The molecule has 0 bridgehead atoms. The third-order valence-electron chi connectivity index (χ3n) is 3.05. The van der Waals surface area contributed by atoms with E-state index in [1.54, 1.807) is 31.2 Å². The quantitative estimate of drug-likeness (QED) is 0.822. The second-order valence-corrected chi connectivity index (χ2v) is 5.81. The standard InChI is InChI=1S/C16H20N2O3S/c1-3-5-13-10-22-16(17-13)18-15(20)11(2)21-14-7-4-6-12(8-14)9-19/h4,6-8,10-11,19H,3,5,9H2,1-2H3,(H,17,18,20). The van der Waals surface area contributed by atoms with Crippen LogP contribution < -0.4 is 10.1 Å². The molecule has 1 heterocycles. The van der Waals surface area contributed by atoms with E-state index in [1.807, 2.05) is 5.38 Å². The van der Waals surface area contributed by atoms with Gasteiger partial charge in [-0.15, -0.1) is 11.3 Å². The summed E-state index contributed by atoms with van der Waals surface area (Å²) in [4.78, 5) is 16.5. The number of thiazole rings is 1. The molecular weight excluding hydrogens is 300 g/mol. The van der Waals surface area contributed by atoms with Crippen molar-refractivity contribution in [3.63, 3.8) is 0 Å². The number of hydrogen-bond donors (Lipinski definition) is 2. The minimum Gasteiger partial charge on any atom is -0.481 e. The first-order valence-corrected chi connectivity index (χ1v) is 8.12. The van der Waals surface area contributed by atoms with Crippen molar-refractivity contribution in [2.24, 2.45) is 0 Å². The molecule has 2 rings (SSSR count).